The number of halogens is 1. The molecule has 5 rings (SSSR count). The second-order valence-electron chi connectivity index (χ2n) is 8.60. The largest absolute Gasteiger partial charge is 0.342 e. The molecule has 0 saturated heterocycles. The molecule has 0 bridgehead atoms. The Morgan fingerprint density at radius 2 is 1.79 bits per heavy atom. The van der Waals surface area contributed by atoms with Crippen molar-refractivity contribution < 1.29 is 4.39 Å². The molecule has 1 fully saturated rings. The highest BCUT2D eigenvalue weighted by Gasteiger charge is 2.29. The number of benzene rings is 2. The van der Waals surface area contributed by atoms with Crippen LogP contribution in [-0.4, -0.2) is 15.0 Å². The summed E-state index contributed by atoms with van der Waals surface area (Å²) >= 11 is 0. The van der Waals surface area contributed by atoms with Crippen molar-refractivity contribution in [3.8, 4) is 0 Å². The fraction of sp³-hybridized carbons (Fsp3) is 0.360. The van der Waals surface area contributed by atoms with Crippen LogP contribution in [0.1, 0.15) is 61.4 Å². The van der Waals surface area contributed by atoms with Crippen LogP contribution in [0.4, 0.5) is 4.39 Å². The summed E-state index contributed by atoms with van der Waals surface area (Å²) in [4.78, 5) is 12.8. The van der Waals surface area contributed by atoms with Gasteiger partial charge in [-0.15, -0.1) is 0 Å². The normalized spacial score (nSPS) is 20.9. The average molecular weight is 388 g/mol. The van der Waals surface area contributed by atoms with E-state index in [1.165, 1.54) is 30.0 Å². The van der Waals surface area contributed by atoms with Crippen LogP contribution >= 0.6 is 0 Å². The van der Waals surface area contributed by atoms with Crippen LogP contribution in [0.2, 0.25) is 0 Å². The van der Waals surface area contributed by atoms with E-state index in [9.17, 15) is 4.39 Å². The van der Waals surface area contributed by atoms with Gasteiger partial charge in [0.1, 0.15) is 11.6 Å². The van der Waals surface area contributed by atoms with Crippen LogP contribution in [-0.2, 0) is 0 Å². The summed E-state index contributed by atoms with van der Waals surface area (Å²) in [5.41, 5.74) is 5.57. The summed E-state index contributed by atoms with van der Waals surface area (Å²) < 4.78 is 13.8. The van der Waals surface area contributed by atoms with E-state index >= 15 is 0 Å². The number of hydrogen-bond acceptors (Lipinski definition) is 2. The Morgan fingerprint density at radius 1 is 1.00 bits per heavy atom. The molecule has 0 aliphatic heterocycles. The molecule has 1 unspecified atom stereocenters. The summed E-state index contributed by atoms with van der Waals surface area (Å²) in [5.74, 6) is 2.43. The predicted octanol–water partition coefficient (Wildman–Crippen LogP) is 6.64. The van der Waals surface area contributed by atoms with Crippen molar-refractivity contribution in [2.75, 3.05) is 0 Å². The van der Waals surface area contributed by atoms with E-state index in [4.69, 9.17) is 4.98 Å². The van der Waals surface area contributed by atoms with Gasteiger partial charge < -0.3 is 4.98 Å². The smallest absolute Gasteiger partial charge is 0.123 e. The van der Waals surface area contributed by atoms with Crippen LogP contribution < -0.4 is 0 Å². The highest BCUT2D eigenvalue weighted by atomic mass is 19.1. The summed E-state index contributed by atoms with van der Waals surface area (Å²) in [6, 6.07) is 13.4. The zero-order valence-electron chi connectivity index (χ0n) is 17.0. The van der Waals surface area contributed by atoms with Gasteiger partial charge in [-0.25, -0.2) is 9.37 Å². The molecule has 0 spiro atoms. The summed E-state index contributed by atoms with van der Waals surface area (Å²) in [6.07, 6.45) is 6.46. The van der Waals surface area contributed by atoms with Crippen LogP contribution in [0.25, 0.3) is 21.9 Å². The Hall–Kier alpha value is -2.75. The Morgan fingerprint density at radius 3 is 2.62 bits per heavy atom. The molecule has 2 aromatic carbocycles. The Balaban J connectivity index is 1.34. The van der Waals surface area contributed by atoms with Gasteiger partial charge in [0.2, 0.25) is 0 Å². The van der Waals surface area contributed by atoms with Gasteiger partial charge >= 0.3 is 0 Å². The van der Waals surface area contributed by atoms with E-state index in [1.807, 2.05) is 6.20 Å². The second-order valence-corrected chi connectivity index (χ2v) is 8.60. The zero-order valence-corrected chi connectivity index (χ0v) is 17.0. The number of rotatable bonds is 3. The van der Waals surface area contributed by atoms with Crippen molar-refractivity contribution >= 4 is 21.9 Å². The maximum Gasteiger partial charge on any atom is 0.123 e. The lowest BCUT2D eigenvalue weighted by molar-refractivity contribution is 0.286. The highest BCUT2D eigenvalue weighted by Crippen LogP contribution is 2.42. The van der Waals surface area contributed by atoms with Crippen molar-refractivity contribution in [2.45, 2.75) is 51.4 Å². The number of hydrogen-bond donors (Lipinski definition) is 1. The molecule has 2 heterocycles. The SMILES string of the molecule is Cc1ccc2nc(C(C)[C@H]3CC[C@H](c4ccnc5ccc(F)cc54)CC3)[nH]c2c1. The van der Waals surface area contributed by atoms with Crippen LogP contribution in [0.3, 0.4) is 0 Å². The van der Waals surface area contributed by atoms with Gasteiger partial charge in [-0.1, -0.05) is 13.0 Å². The van der Waals surface area contributed by atoms with Gasteiger partial charge in [0.25, 0.3) is 0 Å². The van der Waals surface area contributed by atoms with Gasteiger partial charge in [-0.3, -0.25) is 4.98 Å². The first-order chi connectivity index (χ1) is 14.1. The standard InChI is InChI=1S/C25H26FN3/c1-15-3-9-23-24(13-15)29-25(28-23)16(2)17-4-6-18(7-5-17)20-11-12-27-22-10-8-19(26)14-21(20)22/h3,8-14,16-18H,4-7H2,1-2H3,(H,28,29)/t16?,17-,18-. The topological polar surface area (TPSA) is 41.6 Å². The minimum Gasteiger partial charge on any atom is -0.342 e. The number of pyridine rings is 1. The Bertz CT molecular complexity index is 1170. The van der Waals surface area contributed by atoms with Crippen LogP contribution in [0.5, 0.6) is 0 Å². The number of imidazole rings is 1. The number of aromatic amines is 1. The second kappa shape index (κ2) is 7.25. The fourth-order valence-corrected chi connectivity index (χ4v) is 5.01. The molecular weight excluding hydrogens is 361 g/mol. The third kappa shape index (κ3) is 3.41. The molecule has 1 aliphatic rings. The minimum atomic E-state index is -0.186. The molecule has 3 nitrogen and oxygen atoms in total. The van der Waals surface area contributed by atoms with Gasteiger partial charge in [0.05, 0.1) is 16.6 Å². The first kappa shape index (κ1) is 18.3. The van der Waals surface area contributed by atoms with Crippen LogP contribution in [0, 0.1) is 18.7 Å². The van der Waals surface area contributed by atoms with Gasteiger partial charge in [0, 0.05) is 17.5 Å². The van der Waals surface area contributed by atoms with Gasteiger partial charge in [0.15, 0.2) is 0 Å². The molecule has 4 aromatic rings. The monoisotopic (exact) mass is 387 g/mol. The number of nitrogens with one attached hydrogen (secondary N) is 1. The molecule has 1 aliphatic carbocycles. The fourth-order valence-electron chi connectivity index (χ4n) is 5.01. The molecule has 4 heteroatoms. The van der Waals surface area contributed by atoms with Crippen molar-refractivity contribution in [3.05, 3.63) is 71.4 Å². The minimum absolute atomic E-state index is 0.186. The van der Waals surface area contributed by atoms with Crippen molar-refractivity contribution in [3.63, 3.8) is 0 Å². The summed E-state index contributed by atoms with van der Waals surface area (Å²) in [7, 11) is 0. The van der Waals surface area contributed by atoms with E-state index in [-0.39, 0.29) is 5.82 Å². The van der Waals surface area contributed by atoms with E-state index < -0.39 is 0 Å². The number of fused-ring (bicyclic) bond motifs is 2. The quantitative estimate of drug-likeness (QED) is 0.428. The Kier molecular flexibility index (Phi) is 4.57. The number of aromatic nitrogens is 3. The lowest BCUT2D eigenvalue weighted by Gasteiger charge is -2.32. The summed E-state index contributed by atoms with van der Waals surface area (Å²) in [6.45, 7) is 4.41. The number of H-pyrrole nitrogens is 1. The zero-order chi connectivity index (χ0) is 20.0. The van der Waals surface area contributed by atoms with Gasteiger partial charge in [-0.2, -0.15) is 0 Å². The van der Waals surface area contributed by atoms with Crippen LogP contribution in [0.15, 0.2) is 48.7 Å². The molecule has 1 N–H and O–H groups in total. The van der Waals surface area contributed by atoms with Crippen molar-refractivity contribution in [1.29, 1.82) is 0 Å². The Labute approximate surface area is 170 Å². The lowest BCUT2D eigenvalue weighted by atomic mass is 9.73. The molecule has 1 saturated carbocycles. The van der Waals surface area contributed by atoms with Crippen molar-refractivity contribution in [1.82, 2.24) is 15.0 Å². The van der Waals surface area contributed by atoms with E-state index in [2.05, 4.69) is 48.1 Å². The predicted molar refractivity (Wildman–Crippen MR) is 116 cm³/mol. The third-order valence-electron chi connectivity index (χ3n) is 6.74. The van der Waals surface area contributed by atoms with Gasteiger partial charge in [-0.05, 0) is 92.0 Å². The first-order valence-electron chi connectivity index (χ1n) is 10.6. The molecule has 148 valence electrons. The molecule has 1 atom stereocenters. The number of aryl methyl sites for hydroxylation is 1. The number of nitrogens with zero attached hydrogens (tertiary/aromatic N) is 2. The molecule has 2 aromatic heterocycles. The summed E-state index contributed by atoms with van der Waals surface area (Å²) in [5, 5.41) is 0.969. The molecule has 29 heavy (non-hydrogen) atoms. The van der Waals surface area contributed by atoms with E-state index in [0.717, 1.165) is 40.6 Å². The molecular formula is C25H26FN3. The van der Waals surface area contributed by atoms with E-state index in [1.54, 1.807) is 12.1 Å². The van der Waals surface area contributed by atoms with E-state index in [0.29, 0.717) is 17.8 Å². The molecule has 0 amide bonds. The maximum absolute atomic E-state index is 13.8. The van der Waals surface area contributed by atoms with Crippen molar-refractivity contribution in [2.24, 2.45) is 5.92 Å². The lowest BCUT2D eigenvalue weighted by Crippen LogP contribution is -2.19. The highest BCUT2D eigenvalue weighted by molar-refractivity contribution is 5.82. The average Bonchev–Trinajstić information content (AvgIpc) is 3.16. The first-order valence-corrected chi connectivity index (χ1v) is 10.6. The maximum atomic E-state index is 13.8. The molecule has 0 radical (unpaired) electrons. The third-order valence-corrected chi connectivity index (χ3v) is 6.74.